The van der Waals surface area contributed by atoms with Crippen molar-refractivity contribution in [1.82, 2.24) is 5.32 Å². The second kappa shape index (κ2) is 5.92. The molecule has 0 bridgehead atoms. The third-order valence-electron chi connectivity index (χ3n) is 3.70. The van der Waals surface area contributed by atoms with Gasteiger partial charge in [-0.2, -0.15) is 0 Å². The van der Waals surface area contributed by atoms with Crippen LogP contribution in [-0.4, -0.2) is 23.2 Å². The molecule has 0 aliphatic heterocycles. The van der Waals surface area contributed by atoms with Gasteiger partial charge in [0.25, 0.3) is 5.91 Å². The topological polar surface area (TPSA) is 75.4 Å². The second-order valence-corrected chi connectivity index (χ2v) is 6.02. The molecular formula is C14H19BrN2O2. The lowest BCUT2D eigenvalue weighted by molar-refractivity contribution is 0.0717. The van der Waals surface area contributed by atoms with Crippen molar-refractivity contribution in [3.05, 3.63) is 27.7 Å². The van der Waals surface area contributed by atoms with Gasteiger partial charge in [-0.1, -0.05) is 28.8 Å². The van der Waals surface area contributed by atoms with E-state index in [0.717, 1.165) is 35.7 Å². The third-order valence-corrected chi connectivity index (χ3v) is 4.16. The standard InChI is InChI=1S/C14H19BrN2O2/c1-8-10(6-9(15)7-11(8)16)14(19)17-12-4-2-3-5-13(12)18/h6-7,12-13,18H,2-5,16H2,1H3,(H,17,19). The summed E-state index contributed by atoms with van der Waals surface area (Å²) in [4.78, 5) is 12.3. The quantitative estimate of drug-likeness (QED) is 0.730. The maximum atomic E-state index is 12.3. The molecule has 1 amide bonds. The molecular weight excluding hydrogens is 308 g/mol. The molecule has 2 unspecified atom stereocenters. The first-order valence-corrected chi connectivity index (χ1v) is 7.33. The summed E-state index contributed by atoms with van der Waals surface area (Å²) in [7, 11) is 0. The normalized spacial score (nSPS) is 23.1. The van der Waals surface area contributed by atoms with Crippen LogP contribution in [0.4, 0.5) is 5.69 Å². The highest BCUT2D eigenvalue weighted by Gasteiger charge is 2.25. The summed E-state index contributed by atoms with van der Waals surface area (Å²) >= 11 is 3.34. The van der Waals surface area contributed by atoms with Crippen molar-refractivity contribution in [2.24, 2.45) is 0 Å². The number of nitrogen functional groups attached to an aromatic ring is 1. The molecule has 1 aliphatic rings. The van der Waals surface area contributed by atoms with Crippen molar-refractivity contribution < 1.29 is 9.90 Å². The Morgan fingerprint density at radius 1 is 1.42 bits per heavy atom. The van der Waals surface area contributed by atoms with Gasteiger partial charge >= 0.3 is 0 Å². The van der Waals surface area contributed by atoms with Crippen LogP contribution in [0.3, 0.4) is 0 Å². The maximum absolute atomic E-state index is 12.3. The molecule has 0 aromatic heterocycles. The van der Waals surface area contributed by atoms with E-state index in [4.69, 9.17) is 5.73 Å². The number of nitrogens with one attached hydrogen (secondary N) is 1. The van der Waals surface area contributed by atoms with Gasteiger partial charge in [0.2, 0.25) is 0 Å². The lowest BCUT2D eigenvalue weighted by atomic mass is 9.92. The molecule has 1 aliphatic carbocycles. The summed E-state index contributed by atoms with van der Waals surface area (Å²) in [6, 6.07) is 3.39. The minimum atomic E-state index is -0.442. The van der Waals surface area contributed by atoms with Gasteiger partial charge in [-0.3, -0.25) is 4.79 Å². The molecule has 19 heavy (non-hydrogen) atoms. The lowest BCUT2D eigenvalue weighted by Crippen LogP contribution is -2.45. The summed E-state index contributed by atoms with van der Waals surface area (Å²) in [5.41, 5.74) is 7.78. The number of aliphatic hydroxyl groups excluding tert-OH is 1. The number of rotatable bonds is 2. The molecule has 2 atom stereocenters. The van der Waals surface area contributed by atoms with Crippen molar-refractivity contribution in [1.29, 1.82) is 0 Å². The summed E-state index contributed by atoms with van der Waals surface area (Å²) < 4.78 is 0.782. The fourth-order valence-corrected chi connectivity index (χ4v) is 2.94. The van der Waals surface area contributed by atoms with Crippen LogP contribution in [0.2, 0.25) is 0 Å². The molecule has 1 aromatic carbocycles. The predicted molar refractivity (Wildman–Crippen MR) is 79.0 cm³/mol. The number of benzene rings is 1. The highest BCUT2D eigenvalue weighted by atomic mass is 79.9. The van der Waals surface area contributed by atoms with Crippen molar-refractivity contribution in [3.63, 3.8) is 0 Å². The van der Waals surface area contributed by atoms with E-state index in [1.165, 1.54) is 0 Å². The van der Waals surface area contributed by atoms with E-state index in [1.54, 1.807) is 12.1 Å². The molecule has 2 rings (SSSR count). The van der Waals surface area contributed by atoms with Crippen LogP contribution in [0.25, 0.3) is 0 Å². The number of carbonyl (C=O) groups excluding carboxylic acids is 1. The molecule has 104 valence electrons. The zero-order valence-electron chi connectivity index (χ0n) is 10.9. The zero-order chi connectivity index (χ0) is 14.0. The Morgan fingerprint density at radius 2 is 2.11 bits per heavy atom. The first-order chi connectivity index (χ1) is 8.99. The summed E-state index contributed by atoms with van der Waals surface area (Å²) in [5.74, 6) is -0.170. The van der Waals surface area contributed by atoms with Crippen molar-refractivity contribution >= 4 is 27.5 Å². The molecule has 0 heterocycles. The van der Waals surface area contributed by atoms with E-state index in [9.17, 15) is 9.90 Å². The second-order valence-electron chi connectivity index (χ2n) is 5.10. The van der Waals surface area contributed by atoms with Gasteiger partial charge in [0.15, 0.2) is 0 Å². The van der Waals surface area contributed by atoms with Gasteiger partial charge in [0, 0.05) is 15.7 Å². The summed E-state index contributed by atoms with van der Waals surface area (Å²) in [6.07, 6.45) is 3.21. The Hall–Kier alpha value is -1.07. The Labute approximate surface area is 121 Å². The summed E-state index contributed by atoms with van der Waals surface area (Å²) in [5, 5.41) is 12.8. The zero-order valence-corrected chi connectivity index (χ0v) is 12.5. The average Bonchev–Trinajstić information content (AvgIpc) is 2.36. The monoisotopic (exact) mass is 326 g/mol. The Kier molecular flexibility index (Phi) is 4.47. The number of aliphatic hydroxyl groups is 1. The molecule has 4 N–H and O–H groups in total. The molecule has 5 heteroatoms. The number of anilines is 1. The fraction of sp³-hybridized carbons (Fsp3) is 0.500. The number of carbonyl (C=O) groups is 1. The molecule has 0 saturated heterocycles. The van der Waals surface area contributed by atoms with E-state index in [0.29, 0.717) is 11.3 Å². The maximum Gasteiger partial charge on any atom is 0.251 e. The Balaban J connectivity index is 2.15. The van der Waals surface area contributed by atoms with E-state index >= 15 is 0 Å². The van der Waals surface area contributed by atoms with Crippen LogP contribution in [0.5, 0.6) is 0 Å². The van der Waals surface area contributed by atoms with Crippen LogP contribution >= 0.6 is 15.9 Å². The smallest absolute Gasteiger partial charge is 0.251 e. The first kappa shape index (κ1) is 14.3. The molecule has 4 nitrogen and oxygen atoms in total. The van der Waals surface area contributed by atoms with Gasteiger partial charge in [-0.25, -0.2) is 0 Å². The van der Waals surface area contributed by atoms with Gasteiger partial charge < -0.3 is 16.2 Å². The van der Waals surface area contributed by atoms with E-state index in [1.807, 2.05) is 6.92 Å². The Morgan fingerprint density at radius 3 is 2.79 bits per heavy atom. The number of halogens is 1. The van der Waals surface area contributed by atoms with Crippen molar-refractivity contribution in [3.8, 4) is 0 Å². The van der Waals surface area contributed by atoms with Crippen LogP contribution in [0, 0.1) is 6.92 Å². The molecule has 0 spiro atoms. The van der Waals surface area contributed by atoms with Gasteiger partial charge in [-0.15, -0.1) is 0 Å². The minimum Gasteiger partial charge on any atom is -0.398 e. The highest BCUT2D eigenvalue weighted by molar-refractivity contribution is 9.10. The molecule has 0 radical (unpaired) electrons. The van der Waals surface area contributed by atoms with E-state index in [-0.39, 0.29) is 11.9 Å². The molecule has 1 aromatic rings. The largest absolute Gasteiger partial charge is 0.398 e. The number of amides is 1. The van der Waals surface area contributed by atoms with Crippen LogP contribution in [0.1, 0.15) is 41.6 Å². The number of nitrogens with two attached hydrogens (primary N) is 1. The number of hydrogen-bond donors (Lipinski definition) is 3. The first-order valence-electron chi connectivity index (χ1n) is 6.53. The number of hydrogen-bond acceptors (Lipinski definition) is 3. The average molecular weight is 327 g/mol. The fourth-order valence-electron chi connectivity index (χ4n) is 2.46. The third kappa shape index (κ3) is 3.28. The van der Waals surface area contributed by atoms with Crippen LogP contribution < -0.4 is 11.1 Å². The van der Waals surface area contributed by atoms with Gasteiger partial charge in [0.05, 0.1) is 12.1 Å². The lowest BCUT2D eigenvalue weighted by Gasteiger charge is -2.28. The van der Waals surface area contributed by atoms with Crippen LogP contribution in [-0.2, 0) is 0 Å². The van der Waals surface area contributed by atoms with Crippen molar-refractivity contribution in [2.75, 3.05) is 5.73 Å². The van der Waals surface area contributed by atoms with E-state index < -0.39 is 6.10 Å². The highest BCUT2D eigenvalue weighted by Crippen LogP contribution is 2.24. The van der Waals surface area contributed by atoms with Gasteiger partial charge in [-0.05, 0) is 37.5 Å². The van der Waals surface area contributed by atoms with Crippen molar-refractivity contribution in [2.45, 2.75) is 44.8 Å². The van der Waals surface area contributed by atoms with Crippen LogP contribution in [0.15, 0.2) is 16.6 Å². The summed E-state index contributed by atoms with van der Waals surface area (Å²) in [6.45, 7) is 1.83. The molecule has 1 fully saturated rings. The predicted octanol–water partition coefficient (Wildman–Crippen LogP) is 2.37. The Bertz CT molecular complexity index is 491. The van der Waals surface area contributed by atoms with Gasteiger partial charge in [0.1, 0.15) is 0 Å². The minimum absolute atomic E-state index is 0.152. The van der Waals surface area contributed by atoms with E-state index in [2.05, 4.69) is 21.2 Å². The SMILES string of the molecule is Cc1c(N)cc(Br)cc1C(=O)NC1CCCCC1O. The molecule has 1 saturated carbocycles.